The number of carbonyl (C=O) groups is 1. The predicted octanol–water partition coefficient (Wildman–Crippen LogP) is 3.63. The van der Waals surface area contributed by atoms with Gasteiger partial charge in [-0.2, -0.15) is 0 Å². The first-order valence-electron chi connectivity index (χ1n) is 10.7. The molecule has 0 bridgehead atoms. The molecule has 2 fully saturated rings. The highest BCUT2D eigenvalue weighted by molar-refractivity contribution is 7.90. The Hall–Kier alpha value is -3.13. The Kier molecular flexibility index (Phi) is 4.85. The molecule has 2 aromatic carbocycles. The molecule has 0 radical (unpaired) electrons. The van der Waals surface area contributed by atoms with E-state index in [1.54, 1.807) is 31.4 Å². The first-order chi connectivity index (χ1) is 15.3. The van der Waals surface area contributed by atoms with Crippen LogP contribution >= 0.6 is 0 Å². The Morgan fingerprint density at radius 3 is 2.59 bits per heavy atom. The molecule has 2 aliphatic rings. The maximum Gasteiger partial charge on any atom is 0.264 e. The van der Waals surface area contributed by atoms with Gasteiger partial charge in [0.25, 0.3) is 10.0 Å². The second-order valence-corrected chi connectivity index (χ2v) is 10.3. The average molecular weight is 452 g/mol. The first kappa shape index (κ1) is 20.8. The number of carbonyl (C=O) groups excluding carboxylic acids is 1. The highest BCUT2D eigenvalue weighted by atomic mass is 32.2. The molecule has 0 atom stereocenters. The van der Waals surface area contributed by atoms with Gasteiger partial charge in [0, 0.05) is 10.9 Å². The topological polar surface area (TPSA) is 111 Å². The van der Waals surface area contributed by atoms with Gasteiger partial charge in [0.05, 0.1) is 22.9 Å². The fourth-order valence-corrected chi connectivity index (χ4v) is 5.76. The van der Waals surface area contributed by atoms with Gasteiger partial charge in [0.15, 0.2) is 0 Å². The number of hydrogen-bond donors (Lipinski definition) is 2. The minimum atomic E-state index is -4.11. The van der Waals surface area contributed by atoms with Crippen molar-refractivity contribution in [2.45, 2.75) is 48.3 Å². The molecular weight excluding hydrogens is 426 g/mol. The number of nitrogens with zero attached hydrogens (tertiary/aromatic N) is 1. The standard InChI is InChI=1S/C24H25N3O4S/c1-31-20-10-8-16(15-4-2-5-15)14-18(20)24(12-13-24)23(28)27-32(29,30)21-7-3-6-19-17(21)9-11-22(25)26-19/h3,6-11,14-15H,2,4-5,12-13H2,1H3,(H2,25,26)(H,27,28). The third kappa shape index (κ3) is 3.39. The number of pyridine rings is 1. The third-order valence-corrected chi connectivity index (χ3v) is 8.12. The van der Waals surface area contributed by atoms with Gasteiger partial charge in [-0.1, -0.05) is 24.6 Å². The van der Waals surface area contributed by atoms with E-state index in [0.717, 1.165) is 18.4 Å². The number of hydrogen-bond acceptors (Lipinski definition) is 6. The Morgan fingerprint density at radius 1 is 1.16 bits per heavy atom. The quantitative estimate of drug-likeness (QED) is 0.592. The smallest absolute Gasteiger partial charge is 0.264 e. The molecule has 0 saturated heterocycles. The highest BCUT2D eigenvalue weighted by Crippen LogP contribution is 2.53. The molecule has 2 aliphatic carbocycles. The molecule has 5 rings (SSSR count). The first-order valence-corrected chi connectivity index (χ1v) is 12.2. The molecule has 2 saturated carbocycles. The Bertz CT molecular complexity index is 1330. The minimum Gasteiger partial charge on any atom is -0.496 e. The molecular formula is C24H25N3O4S. The predicted molar refractivity (Wildman–Crippen MR) is 122 cm³/mol. The lowest BCUT2D eigenvalue weighted by atomic mass is 9.78. The Morgan fingerprint density at radius 2 is 1.94 bits per heavy atom. The Labute approximate surface area is 187 Å². The average Bonchev–Trinajstić information content (AvgIpc) is 3.53. The number of benzene rings is 2. The number of sulfonamides is 1. The lowest BCUT2D eigenvalue weighted by molar-refractivity contribution is -0.121. The number of nitrogens with one attached hydrogen (secondary N) is 1. The molecule has 32 heavy (non-hydrogen) atoms. The zero-order valence-electron chi connectivity index (χ0n) is 17.8. The molecule has 3 N–H and O–H groups in total. The van der Waals surface area contributed by atoms with Crippen LogP contribution in [0.3, 0.4) is 0 Å². The van der Waals surface area contributed by atoms with Gasteiger partial charge in [-0.15, -0.1) is 0 Å². The van der Waals surface area contributed by atoms with Crippen molar-refractivity contribution in [2.75, 3.05) is 12.8 Å². The van der Waals surface area contributed by atoms with Crippen LogP contribution in [0, 0.1) is 0 Å². The molecule has 1 amide bonds. The van der Waals surface area contributed by atoms with Crippen molar-refractivity contribution in [3.63, 3.8) is 0 Å². The second-order valence-electron chi connectivity index (χ2n) is 8.66. The van der Waals surface area contributed by atoms with Crippen LogP contribution in [0.25, 0.3) is 10.9 Å². The van der Waals surface area contributed by atoms with Gasteiger partial charge in [-0.05, 0) is 67.5 Å². The van der Waals surface area contributed by atoms with Gasteiger partial charge < -0.3 is 10.5 Å². The number of ether oxygens (including phenoxy) is 1. The molecule has 0 spiro atoms. The van der Waals surface area contributed by atoms with Gasteiger partial charge in [0.1, 0.15) is 11.6 Å². The molecule has 0 unspecified atom stereocenters. The normalized spacial score (nSPS) is 17.5. The van der Waals surface area contributed by atoms with Crippen LogP contribution in [0.2, 0.25) is 0 Å². The SMILES string of the molecule is COc1ccc(C2CCC2)cc1C1(C(=O)NS(=O)(=O)c2cccc3nc(N)ccc23)CC1. The highest BCUT2D eigenvalue weighted by Gasteiger charge is 2.54. The number of rotatable bonds is 6. The van der Waals surface area contributed by atoms with E-state index in [1.807, 2.05) is 18.2 Å². The number of nitrogens with two attached hydrogens (primary N) is 1. The summed E-state index contributed by atoms with van der Waals surface area (Å²) in [6.45, 7) is 0. The summed E-state index contributed by atoms with van der Waals surface area (Å²) in [5.41, 5.74) is 7.24. The van der Waals surface area contributed by atoms with Crippen molar-refractivity contribution in [3.05, 3.63) is 59.7 Å². The zero-order valence-corrected chi connectivity index (χ0v) is 18.6. The van der Waals surface area contributed by atoms with Crippen LogP contribution in [0.15, 0.2) is 53.4 Å². The van der Waals surface area contributed by atoms with Crippen molar-refractivity contribution in [1.29, 1.82) is 0 Å². The summed E-state index contributed by atoms with van der Waals surface area (Å²) in [6.07, 6.45) is 4.64. The number of aromatic nitrogens is 1. The summed E-state index contributed by atoms with van der Waals surface area (Å²) in [4.78, 5) is 17.5. The van der Waals surface area contributed by atoms with Crippen LogP contribution in [-0.4, -0.2) is 26.4 Å². The van der Waals surface area contributed by atoms with E-state index in [0.29, 0.717) is 41.2 Å². The second kappa shape index (κ2) is 7.48. The van der Waals surface area contributed by atoms with Crippen molar-refractivity contribution in [2.24, 2.45) is 0 Å². The van der Waals surface area contributed by atoms with Crippen molar-refractivity contribution in [3.8, 4) is 5.75 Å². The molecule has 8 heteroatoms. The molecule has 3 aromatic rings. The molecule has 166 valence electrons. The summed E-state index contributed by atoms with van der Waals surface area (Å²) >= 11 is 0. The largest absolute Gasteiger partial charge is 0.496 e. The van der Waals surface area contributed by atoms with Crippen molar-refractivity contribution < 1.29 is 17.9 Å². The van der Waals surface area contributed by atoms with Crippen LogP contribution in [0.4, 0.5) is 5.82 Å². The molecule has 0 aliphatic heterocycles. The fourth-order valence-electron chi connectivity index (χ4n) is 4.49. The van der Waals surface area contributed by atoms with Crippen LogP contribution in [0.1, 0.15) is 49.1 Å². The number of anilines is 1. The monoisotopic (exact) mass is 451 g/mol. The van der Waals surface area contributed by atoms with Crippen molar-refractivity contribution in [1.82, 2.24) is 9.71 Å². The van der Waals surface area contributed by atoms with E-state index in [2.05, 4.69) is 9.71 Å². The maximum absolute atomic E-state index is 13.4. The van der Waals surface area contributed by atoms with Crippen LogP contribution in [0.5, 0.6) is 5.75 Å². The molecule has 1 heterocycles. The van der Waals surface area contributed by atoms with Crippen LogP contribution < -0.4 is 15.2 Å². The molecule has 1 aromatic heterocycles. The molecule has 7 nitrogen and oxygen atoms in total. The van der Waals surface area contributed by atoms with E-state index in [9.17, 15) is 13.2 Å². The number of methoxy groups -OCH3 is 1. The van der Waals surface area contributed by atoms with Gasteiger partial charge in [-0.25, -0.2) is 18.1 Å². The number of amides is 1. The zero-order chi connectivity index (χ0) is 22.5. The van der Waals surface area contributed by atoms with Gasteiger partial charge >= 0.3 is 0 Å². The van der Waals surface area contributed by atoms with E-state index in [1.165, 1.54) is 18.1 Å². The van der Waals surface area contributed by atoms with E-state index >= 15 is 0 Å². The van der Waals surface area contributed by atoms with Gasteiger partial charge in [-0.3, -0.25) is 4.79 Å². The summed E-state index contributed by atoms with van der Waals surface area (Å²) in [5, 5.41) is 0.413. The summed E-state index contributed by atoms with van der Waals surface area (Å²) in [5.74, 6) is 0.884. The Balaban J connectivity index is 1.49. The maximum atomic E-state index is 13.4. The minimum absolute atomic E-state index is 0.00170. The lowest BCUT2D eigenvalue weighted by Gasteiger charge is -2.28. The van der Waals surface area contributed by atoms with E-state index in [4.69, 9.17) is 10.5 Å². The summed E-state index contributed by atoms with van der Waals surface area (Å²) in [7, 11) is -2.54. The number of nitrogen functional groups attached to an aromatic ring is 1. The summed E-state index contributed by atoms with van der Waals surface area (Å²) in [6, 6.07) is 13.9. The van der Waals surface area contributed by atoms with Gasteiger partial charge in [0.2, 0.25) is 5.91 Å². The fraction of sp³-hybridized carbons (Fsp3) is 0.333. The third-order valence-electron chi connectivity index (χ3n) is 6.73. The summed E-state index contributed by atoms with van der Waals surface area (Å²) < 4.78 is 34.3. The van der Waals surface area contributed by atoms with Crippen molar-refractivity contribution >= 4 is 32.7 Å². The van der Waals surface area contributed by atoms with E-state index in [-0.39, 0.29) is 4.90 Å². The lowest BCUT2D eigenvalue weighted by Crippen LogP contribution is -2.39. The van der Waals surface area contributed by atoms with E-state index < -0.39 is 21.3 Å². The van der Waals surface area contributed by atoms with Crippen LogP contribution in [-0.2, 0) is 20.2 Å². The number of fused-ring (bicyclic) bond motifs is 1.